The SMILES string of the molecule is CC(C(=O)Nc1cc(-n2cnc3cc(-c4cncc(Cl)c4)ccc3c2=O)ccc1OC(F)(F)F)N1CCN(C)CC1. The molecule has 0 bridgehead atoms. The van der Waals surface area contributed by atoms with Crippen molar-refractivity contribution in [2.45, 2.75) is 19.3 Å². The van der Waals surface area contributed by atoms with Crippen molar-refractivity contribution in [2.75, 3.05) is 38.5 Å². The molecule has 41 heavy (non-hydrogen) atoms. The van der Waals surface area contributed by atoms with E-state index in [0.717, 1.165) is 30.3 Å². The minimum Gasteiger partial charge on any atom is -0.404 e. The van der Waals surface area contributed by atoms with Gasteiger partial charge in [-0.1, -0.05) is 17.7 Å². The summed E-state index contributed by atoms with van der Waals surface area (Å²) in [7, 11) is 1.98. The van der Waals surface area contributed by atoms with Crippen LogP contribution < -0.4 is 15.6 Å². The number of hydrogen-bond acceptors (Lipinski definition) is 7. The van der Waals surface area contributed by atoms with Gasteiger partial charge >= 0.3 is 6.36 Å². The summed E-state index contributed by atoms with van der Waals surface area (Å²) in [5, 5.41) is 3.32. The molecule has 1 atom stereocenters. The van der Waals surface area contributed by atoms with Crippen LogP contribution in [0.25, 0.3) is 27.7 Å². The van der Waals surface area contributed by atoms with Gasteiger partial charge in [-0.05, 0) is 55.9 Å². The fourth-order valence-electron chi connectivity index (χ4n) is 4.65. The van der Waals surface area contributed by atoms with E-state index in [1.165, 1.54) is 29.2 Å². The number of nitrogens with zero attached hydrogens (tertiary/aromatic N) is 5. The summed E-state index contributed by atoms with van der Waals surface area (Å²) in [6, 6.07) is 9.82. The second-order valence-electron chi connectivity index (χ2n) is 9.78. The Morgan fingerprint density at radius 1 is 1.05 bits per heavy atom. The average molecular weight is 587 g/mol. The number of carbonyl (C=O) groups excluding carboxylic acids is 1. The van der Waals surface area contributed by atoms with Gasteiger partial charge in [-0.15, -0.1) is 13.2 Å². The van der Waals surface area contributed by atoms with E-state index in [1.807, 2.05) is 11.9 Å². The molecule has 9 nitrogen and oxygen atoms in total. The lowest BCUT2D eigenvalue weighted by Gasteiger charge is -2.35. The molecule has 5 rings (SSSR count). The maximum absolute atomic E-state index is 13.4. The number of alkyl halides is 3. The van der Waals surface area contributed by atoms with Gasteiger partial charge in [-0.3, -0.25) is 24.0 Å². The summed E-state index contributed by atoms with van der Waals surface area (Å²) < 4.78 is 44.8. The zero-order valence-corrected chi connectivity index (χ0v) is 22.9. The average Bonchev–Trinajstić information content (AvgIpc) is 2.93. The molecule has 0 spiro atoms. The highest BCUT2D eigenvalue weighted by Crippen LogP contribution is 2.33. The highest BCUT2D eigenvalue weighted by molar-refractivity contribution is 6.30. The molecular weight excluding hydrogens is 561 g/mol. The molecule has 0 radical (unpaired) electrons. The highest BCUT2D eigenvalue weighted by atomic mass is 35.5. The molecule has 2 aromatic heterocycles. The predicted octanol–water partition coefficient (Wildman–Crippen LogP) is 4.57. The number of hydrogen-bond donors (Lipinski definition) is 1. The number of amides is 1. The minimum atomic E-state index is -4.98. The number of carbonyl (C=O) groups is 1. The van der Waals surface area contributed by atoms with Crippen LogP contribution in [0, 0.1) is 0 Å². The summed E-state index contributed by atoms with van der Waals surface area (Å²) in [5.41, 5.74) is 1.45. The summed E-state index contributed by atoms with van der Waals surface area (Å²) in [6.45, 7) is 4.52. The van der Waals surface area contributed by atoms with Gasteiger partial charge in [-0.2, -0.15) is 0 Å². The Hall–Kier alpha value is -4.00. The molecule has 2 aromatic carbocycles. The summed E-state index contributed by atoms with van der Waals surface area (Å²) in [4.78, 5) is 39.0. The van der Waals surface area contributed by atoms with Gasteiger partial charge < -0.3 is 15.0 Å². The molecule has 1 saturated heterocycles. The van der Waals surface area contributed by atoms with E-state index >= 15 is 0 Å². The van der Waals surface area contributed by atoms with Gasteiger partial charge in [0.15, 0.2) is 5.75 Å². The molecule has 1 fully saturated rings. The molecule has 13 heteroatoms. The Kier molecular flexibility index (Phi) is 7.98. The number of nitrogens with one attached hydrogen (secondary N) is 1. The molecule has 1 amide bonds. The molecular formula is C28H26ClF3N6O3. The summed E-state index contributed by atoms with van der Waals surface area (Å²) >= 11 is 6.05. The number of anilines is 1. The van der Waals surface area contributed by atoms with E-state index < -0.39 is 29.6 Å². The quantitative estimate of drug-likeness (QED) is 0.354. The molecule has 4 aromatic rings. The van der Waals surface area contributed by atoms with E-state index in [9.17, 15) is 22.8 Å². The monoisotopic (exact) mass is 586 g/mol. The van der Waals surface area contributed by atoms with Crippen molar-refractivity contribution < 1.29 is 22.7 Å². The Morgan fingerprint density at radius 3 is 2.51 bits per heavy atom. The van der Waals surface area contributed by atoms with E-state index in [-0.39, 0.29) is 16.8 Å². The first kappa shape index (κ1) is 28.5. The topological polar surface area (TPSA) is 92.6 Å². The molecule has 0 saturated carbocycles. The van der Waals surface area contributed by atoms with Crippen molar-refractivity contribution >= 4 is 34.1 Å². The smallest absolute Gasteiger partial charge is 0.404 e. The van der Waals surface area contributed by atoms with E-state index in [0.29, 0.717) is 23.6 Å². The molecule has 214 valence electrons. The second-order valence-corrected chi connectivity index (χ2v) is 10.2. The van der Waals surface area contributed by atoms with Gasteiger partial charge in [-0.25, -0.2) is 4.98 Å². The Balaban J connectivity index is 1.48. The Bertz CT molecular complexity index is 1650. The first-order valence-corrected chi connectivity index (χ1v) is 13.1. The van der Waals surface area contributed by atoms with Crippen LogP contribution in [-0.2, 0) is 4.79 Å². The minimum absolute atomic E-state index is 0.199. The van der Waals surface area contributed by atoms with Crippen LogP contribution in [0.1, 0.15) is 6.92 Å². The second kappa shape index (κ2) is 11.5. The lowest BCUT2D eigenvalue weighted by molar-refractivity contribution is -0.274. The van der Waals surface area contributed by atoms with Gasteiger partial charge in [0.2, 0.25) is 5.91 Å². The standard InChI is InChI=1S/C28H26ClF3N6O3/c1-17(37-9-7-36(2)8-10-37)26(39)35-24-13-21(4-6-25(24)41-28(30,31)32)38-16-34-23-12-18(3-5-22(23)27(38)40)19-11-20(29)15-33-14-19/h3-6,11-17H,7-10H2,1-2H3,(H,35,39). The first-order valence-electron chi connectivity index (χ1n) is 12.7. The van der Waals surface area contributed by atoms with Crippen molar-refractivity contribution in [1.29, 1.82) is 0 Å². The fraction of sp³-hybridized carbons (Fsp3) is 0.286. The number of aromatic nitrogens is 3. The predicted molar refractivity (Wildman–Crippen MR) is 149 cm³/mol. The molecule has 0 aliphatic carbocycles. The lowest BCUT2D eigenvalue weighted by atomic mass is 10.1. The summed E-state index contributed by atoms with van der Waals surface area (Å²) in [5.74, 6) is -1.09. The number of fused-ring (bicyclic) bond motifs is 1. The van der Waals surface area contributed by atoms with Crippen molar-refractivity contribution in [3.63, 3.8) is 0 Å². The van der Waals surface area contributed by atoms with Crippen LogP contribution in [0.3, 0.4) is 0 Å². The van der Waals surface area contributed by atoms with Crippen molar-refractivity contribution in [3.05, 3.63) is 76.6 Å². The number of likely N-dealkylation sites (N-methyl/N-ethyl adjacent to an activating group) is 1. The third-order valence-corrected chi connectivity index (χ3v) is 7.19. The van der Waals surface area contributed by atoms with Crippen LogP contribution in [-0.4, -0.2) is 75.9 Å². The van der Waals surface area contributed by atoms with Crippen molar-refractivity contribution in [2.24, 2.45) is 0 Å². The van der Waals surface area contributed by atoms with Gasteiger partial charge in [0.25, 0.3) is 5.56 Å². The zero-order chi connectivity index (χ0) is 29.3. The van der Waals surface area contributed by atoms with Crippen molar-refractivity contribution in [1.82, 2.24) is 24.3 Å². The molecule has 1 unspecified atom stereocenters. The van der Waals surface area contributed by atoms with Crippen LogP contribution in [0.4, 0.5) is 18.9 Å². The third kappa shape index (κ3) is 6.50. The molecule has 1 aliphatic rings. The molecule has 1 N–H and O–H groups in total. The maximum Gasteiger partial charge on any atom is 0.573 e. The largest absolute Gasteiger partial charge is 0.573 e. The van der Waals surface area contributed by atoms with Crippen LogP contribution in [0.2, 0.25) is 5.02 Å². The van der Waals surface area contributed by atoms with E-state index in [2.05, 4.69) is 24.9 Å². The lowest BCUT2D eigenvalue weighted by Crippen LogP contribution is -2.51. The number of benzene rings is 2. The Morgan fingerprint density at radius 2 is 1.80 bits per heavy atom. The zero-order valence-electron chi connectivity index (χ0n) is 22.2. The van der Waals surface area contributed by atoms with Gasteiger partial charge in [0.1, 0.15) is 6.33 Å². The number of rotatable bonds is 6. The maximum atomic E-state index is 13.4. The van der Waals surface area contributed by atoms with Crippen LogP contribution in [0.5, 0.6) is 5.75 Å². The molecule has 1 aliphatic heterocycles. The number of halogens is 4. The van der Waals surface area contributed by atoms with Crippen molar-refractivity contribution in [3.8, 4) is 22.6 Å². The first-order chi connectivity index (χ1) is 19.5. The van der Waals surface area contributed by atoms with E-state index in [1.54, 1.807) is 37.4 Å². The van der Waals surface area contributed by atoms with E-state index in [4.69, 9.17) is 11.6 Å². The number of pyridine rings is 1. The normalized spacial score (nSPS) is 15.6. The van der Waals surface area contributed by atoms with Crippen LogP contribution in [0.15, 0.2) is 66.0 Å². The Labute approximate surface area is 238 Å². The van der Waals surface area contributed by atoms with Gasteiger partial charge in [0.05, 0.1) is 33.3 Å². The number of piperazine rings is 1. The number of ether oxygens (including phenoxy) is 1. The fourth-order valence-corrected chi connectivity index (χ4v) is 4.82. The van der Waals surface area contributed by atoms with Gasteiger partial charge in [0, 0.05) is 44.1 Å². The van der Waals surface area contributed by atoms with Crippen LogP contribution >= 0.6 is 11.6 Å². The third-order valence-electron chi connectivity index (χ3n) is 6.99. The highest BCUT2D eigenvalue weighted by Gasteiger charge is 2.33. The summed E-state index contributed by atoms with van der Waals surface area (Å²) in [6.07, 6.45) is -0.554. The molecule has 3 heterocycles.